The molecule has 1 heterocycles. The number of hydrogen-bond donors (Lipinski definition) is 1. The van der Waals surface area contributed by atoms with Gasteiger partial charge in [0.2, 0.25) is 0 Å². The van der Waals surface area contributed by atoms with Crippen molar-refractivity contribution < 1.29 is 4.42 Å². The van der Waals surface area contributed by atoms with Gasteiger partial charge >= 0.3 is 0 Å². The first-order valence-electron chi connectivity index (χ1n) is 3.56. The Labute approximate surface area is 64.6 Å². The topological polar surface area (TPSA) is 39.2 Å². The zero-order chi connectivity index (χ0) is 7.68. The van der Waals surface area contributed by atoms with Crippen LogP contribution in [-0.4, -0.2) is 0 Å². The van der Waals surface area contributed by atoms with E-state index in [2.05, 4.69) is 0 Å². The first-order valence-corrected chi connectivity index (χ1v) is 3.56. The third-order valence-electron chi connectivity index (χ3n) is 1.75. The van der Waals surface area contributed by atoms with Gasteiger partial charge in [0.05, 0.1) is 6.26 Å². The van der Waals surface area contributed by atoms with Crippen LogP contribution < -0.4 is 5.73 Å². The lowest BCUT2D eigenvalue weighted by atomic mass is 10.2. The summed E-state index contributed by atoms with van der Waals surface area (Å²) in [7, 11) is 0. The van der Waals surface area contributed by atoms with E-state index in [0.29, 0.717) is 6.54 Å². The summed E-state index contributed by atoms with van der Waals surface area (Å²) in [6.45, 7) is 0.584. The minimum absolute atomic E-state index is 0.584. The molecule has 2 heteroatoms. The van der Waals surface area contributed by atoms with Crippen molar-refractivity contribution in [3.63, 3.8) is 0 Å². The molecule has 0 atom stereocenters. The normalized spacial score (nSPS) is 10.6. The minimum atomic E-state index is 0.584. The molecule has 0 fully saturated rings. The van der Waals surface area contributed by atoms with Crippen molar-refractivity contribution in [1.29, 1.82) is 0 Å². The molecule has 0 unspecified atom stereocenters. The highest BCUT2D eigenvalue weighted by Crippen LogP contribution is 2.16. The number of fused-ring (bicyclic) bond motifs is 1. The zero-order valence-corrected chi connectivity index (χ0v) is 6.08. The molecule has 0 aliphatic rings. The second-order valence-corrected chi connectivity index (χ2v) is 2.50. The van der Waals surface area contributed by atoms with Crippen LogP contribution >= 0.6 is 0 Å². The SMILES string of the molecule is NCc1ccc2occc2c1. The van der Waals surface area contributed by atoms with E-state index in [1.54, 1.807) is 6.26 Å². The summed E-state index contributed by atoms with van der Waals surface area (Å²) in [5.41, 5.74) is 7.54. The van der Waals surface area contributed by atoms with Crippen LogP contribution in [0.3, 0.4) is 0 Å². The maximum Gasteiger partial charge on any atom is 0.133 e. The second-order valence-electron chi connectivity index (χ2n) is 2.50. The van der Waals surface area contributed by atoms with Gasteiger partial charge in [-0.2, -0.15) is 0 Å². The third kappa shape index (κ3) is 1.01. The summed E-state index contributed by atoms with van der Waals surface area (Å²) in [4.78, 5) is 0. The van der Waals surface area contributed by atoms with Gasteiger partial charge < -0.3 is 10.2 Å². The molecule has 0 saturated heterocycles. The quantitative estimate of drug-likeness (QED) is 0.669. The highest BCUT2D eigenvalue weighted by atomic mass is 16.3. The van der Waals surface area contributed by atoms with Crippen LogP contribution in [0.1, 0.15) is 5.56 Å². The second kappa shape index (κ2) is 2.40. The average Bonchev–Trinajstić information content (AvgIpc) is 2.50. The van der Waals surface area contributed by atoms with Crippen molar-refractivity contribution in [1.82, 2.24) is 0 Å². The van der Waals surface area contributed by atoms with Crippen molar-refractivity contribution in [2.75, 3.05) is 0 Å². The fourth-order valence-corrected chi connectivity index (χ4v) is 1.14. The Hall–Kier alpha value is -1.28. The smallest absolute Gasteiger partial charge is 0.133 e. The van der Waals surface area contributed by atoms with E-state index < -0.39 is 0 Å². The van der Waals surface area contributed by atoms with Crippen LogP contribution in [0.5, 0.6) is 0 Å². The minimum Gasteiger partial charge on any atom is -0.464 e. The molecular weight excluding hydrogens is 138 g/mol. The van der Waals surface area contributed by atoms with Crippen LogP contribution in [0.15, 0.2) is 34.9 Å². The standard InChI is InChI=1S/C9H9NO/c10-6-7-1-2-9-8(5-7)3-4-11-9/h1-5H,6,10H2. The van der Waals surface area contributed by atoms with E-state index >= 15 is 0 Å². The fraction of sp³-hybridized carbons (Fsp3) is 0.111. The van der Waals surface area contributed by atoms with Crippen LogP contribution in [0.25, 0.3) is 11.0 Å². The van der Waals surface area contributed by atoms with Crippen molar-refractivity contribution >= 4 is 11.0 Å². The van der Waals surface area contributed by atoms with Gasteiger partial charge in [-0.3, -0.25) is 0 Å². The number of benzene rings is 1. The van der Waals surface area contributed by atoms with Crippen molar-refractivity contribution in [2.24, 2.45) is 5.73 Å². The van der Waals surface area contributed by atoms with Crippen LogP contribution in [0.2, 0.25) is 0 Å². The Morgan fingerprint density at radius 2 is 2.18 bits per heavy atom. The summed E-state index contributed by atoms with van der Waals surface area (Å²) in [5.74, 6) is 0. The van der Waals surface area contributed by atoms with E-state index in [9.17, 15) is 0 Å². The molecule has 2 aromatic rings. The molecule has 0 radical (unpaired) electrons. The largest absolute Gasteiger partial charge is 0.464 e. The highest BCUT2D eigenvalue weighted by Gasteiger charge is 1.95. The van der Waals surface area contributed by atoms with Gasteiger partial charge in [-0.25, -0.2) is 0 Å². The Morgan fingerprint density at radius 1 is 1.27 bits per heavy atom. The lowest BCUT2D eigenvalue weighted by molar-refractivity contribution is 0.616. The summed E-state index contributed by atoms with van der Waals surface area (Å²) in [5, 5.41) is 1.12. The molecule has 0 saturated carbocycles. The fourth-order valence-electron chi connectivity index (χ4n) is 1.14. The predicted octanol–water partition coefficient (Wildman–Crippen LogP) is 1.89. The number of hydrogen-bond acceptors (Lipinski definition) is 2. The van der Waals surface area contributed by atoms with Gasteiger partial charge in [-0.15, -0.1) is 0 Å². The number of rotatable bonds is 1. The molecule has 2 nitrogen and oxygen atoms in total. The Balaban J connectivity index is 2.67. The van der Waals surface area contributed by atoms with Crippen molar-refractivity contribution in [2.45, 2.75) is 6.54 Å². The molecule has 2 rings (SSSR count). The van der Waals surface area contributed by atoms with E-state index in [0.717, 1.165) is 16.5 Å². The third-order valence-corrected chi connectivity index (χ3v) is 1.75. The van der Waals surface area contributed by atoms with Gasteiger partial charge in [0.1, 0.15) is 5.58 Å². The van der Waals surface area contributed by atoms with E-state index in [4.69, 9.17) is 10.2 Å². The molecule has 0 aliphatic carbocycles. The van der Waals surface area contributed by atoms with E-state index in [1.165, 1.54) is 0 Å². The summed E-state index contributed by atoms with van der Waals surface area (Å²) in [6.07, 6.45) is 1.69. The van der Waals surface area contributed by atoms with Crippen LogP contribution in [0, 0.1) is 0 Å². The molecule has 0 bridgehead atoms. The Kier molecular flexibility index (Phi) is 1.40. The Morgan fingerprint density at radius 3 is 3.00 bits per heavy atom. The highest BCUT2D eigenvalue weighted by molar-refractivity contribution is 5.77. The first kappa shape index (κ1) is 6.43. The molecule has 0 aliphatic heterocycles. The molecular formula is C9H9NO. The van der Waals surface area contributed by atoms with Crippen LogP contribution in [0.4, 0.5) is 0 Å². The van der Waals surface area contributed by atoms with Gasteiger partial charge in [0.25, 0.3) is 0 Å². The van der Waals surface area contributed by atoms with Crippen molar-refractivity contribution in [3.8, 4) is 0 Å². The number of nitrogens with two attached hydrogens (primary N) is 1. The molecule has 0 spiro atoms. The molecule has 11 heavy (non-hydrogen) atoms. The molecule has 56 valence electrons. The molecule has 1 aromatic carbocycles. The van der Waals surface area contributed by atoms with E-state index in [1.807, 2.05) is 24.3 Å². The van der Waals surface area contributed by atoms with Gasteiger partial charge in [-0.1, -0.05) is 6.07 Å². The molecule has 2 N–H and O–H groups in total. The van der Waals surface area contributed by atoms with Gasteiger partial charge in [-0.05, 0) is 23.8 Å². The monoisotopic (exact) mass is 147 g/mol. The number of furan rings is 1. The maximum absolute atomic E-state index is 5.48. The first-order chi connectivity index (χ1) is 5.40. The van der Waals surface area contributed by atoms with Crippen LogP contribution in [-0.2, 0) is 6.54 Å². The summed E-state index contributed by atoms with van der Waals surface area (Å²) in [6, 6.07) is 7.90. The predicted molar refractivity (Wildman–Crippen MR) is 44.1 cm³/mol. The maximum atomic E-state index is 5.48. The lowest BCUT2D eigenvalue weighted by Gasteiger charge is -1.93. The average molecular weight is 147 g/mol. The Bertz CT molecular complexity index is 364. The summed E-state index contributed by atoms with van der Waals surface area (Å²) >= 11 is 0. The van der Waals surface area contributed by atoms with Gasteiger partial charge in [0.15, 0.2) is 0 Å². The summed E-state index contributed by atoms with van der Waals surface area (Å²) < 4.78 is 5.18. The van der Waals surface area contributed by atoms with Gasteiger partial charge in [0, 0.05) is 11.9 Å². The zero-order valence-electron chi connectivity index (χ0n) is 6.08. The molecule has 1 aromatic heterocycles. The lowest BCUT2D eigenvalue weighted by Crippen LogP contribution is -1.94. The van der Waals surface area contributed by atoms with Crippen molar-refractivity contribution in [3.05, 3.63) is 36.1 Å². The van der Waals surface area contributed by atoms with E-state index in [-0.39, 0.29) is 0 Å². The molecule has 0 amide bonds.